The van der Waals surface area contributed by atoms with Gasteiger partial charge in [-0.3, -0.25) is 19.4 Å². The zero-order valence-corrected chi connectivity index (χ0v) is 20.0. The van der Waals surface area contributed by atoms with E-state index in [1.54, 1.807) is 15.8 Å². The van der Waals surface area contributed by atoms with Crippen molar-refractivity contribution in [2.45, 2.75) is 33.0 Å². The highest BCUT2D eigenvalue weighted by atomic mass is 16.2. The van der Waals surface area contributed by atoms with Gasteiger partial charge in [-0.15, -0.1) is 0 Å². The predicted octanol–water partition coefficient (Wildman–Crippen LogP) is 2.48. The quantitative estimate of drug-likeness (QED) is 0.470. The molecule has 3 N–H and O–H groups in total. The number of nitrogens with two attached hydrogens (primary N) is 1. The monoisotopic (exact) mass is 469 g/mol. The largest absolute Gasteiger partial charge is 0.383 e. The van der Waals surface area contributed by atoms with Crippen LogP contribution >= 0.6 is 0 Å². The lowest BCUT2D eigenvalue weighted by molar-refractivity contribution is -0.130. The highest BCUT2D eigenvalue weighted by molar-refractivity contribution is 5.95. The number of hydrogen-bond acceptors (Lipinski definition) is 8. The number of nitrogens with zero attached hydrogens (tertiary/aromatic N) is 7. The van der Waals surface area contributed by atoms with Gasteiger partial charge in [-0.25, -0.2) is 9.97 Å². The molecule has 10 heteroatoms. The molecule has 0 unspecified atom stereocenters. The summed E-state index contributed by atoms with van der Waals surface area (Å²) in [7, 11) is 3.92. The molecular formula is C25H27N9O. The van der Waals surface area contributed by atoms with E-state index in [4.69, 9.17) is 10.7 Å². The third-order valence-electron chi connectivity index (χ3n) is 6.96. The number of pyridine rings is 3. The second-order valence-corrected chi connectivity index (χ2v) is 9.45. The van der Waals surface area contributed by atoms with Gasteiger partial charge in [0.1, 0.15) is 18.2 Å². The number of rotatable bonds is 3. The van der Waals surface area contributed by atoms with E-state index in [2.05, 4.69) is 39.3 Å². The number of anilines is 3. The van der Waals surface area contributed by atoms with Crippen molar-refractivity contribution in [2.24, 2.45) is 0 Å². The van der Waals surface area contributed by atoms with Crippen LogP contribution < -0.4 is 11.1 Å². The molecule has 4 aromatic rings. The van der Waals surface area contributed by atoms with Gasteiger partial charge >= 0.3 is 0 Å². The molecule has 0 aromatic carbocycles. The van der Waals surface area contributed by atoms with Crippen LogP contribution in [0.3, 0.4) is 0 Å². The summed E-state index contributed by atoms with van der Waals surface area (Å²) >= 11 is 0. The van der Waals surface area contributed by atoms with E-state index in [0.29, 0.717) is 24.0 Å². The molecule has 0 fully saturated rings. The van der Waals surface area contributed by atoms with Crippen LogP contribution in [-0.2, 0) is 30.8 Å². The van der Waals surface area contributed by atoms with Crippen LogP contribution in [-0.4, -0.2) is 61.1 Å². The van der Waals surface area contributed by atoms with E-state index in [1.807, 2.05) is 31.4 Å². The molecular weight excluding hydrogens is 442 g/mol. The Labute approximate surface area is 202 Å². The van der Waals surface area contributed by atoms with Crippen molar-refractivity contribution in [3.63, 3.8) is 0 Å². The number of nitrogens with one attached hydrogen (secondary N) is 1. The van der Waals surface area contributed by atoms with E-state index in [9.17, 15) is 4.79 Å². The van der Waals surface area contributed by atoms with Gasteiger partial charge in [-0.05, 0) is 42.6 Å². The zero-order chi connectivity index (χ0) is 24.3. The Kier molecular flexibility index (Phi) is 4.92. The average molecular weight is 470 g/mol. The van der Waals surface area contributed by atoms with E-state index in [1.165, 1.54) is 11.1 Å². The summed E-state index contributed by atoms with van der Waals surface area (Å²) in [4.78, 5) is 30.1. The predicted molar refractivity (Wildman–Crippen MR) is 134 cm³/mol. The van der Waals surface area contributed by atoms with Crippen molar-refractivity contribution in [1.82, 2.24) is 34.5 Å². The number of fused-ring (bicyclic) bond motifs is 3. The van der Waals surface area contributed by atoms with E-state index >= 15 is 0 Å². The molecule has 0 radical (unpaired) electrons. The molecule has 0 aliphatic carbocycles. The first-order valence-corrected chi connectivity index (χ1v) is 11.7. The maximum Gasteiger partial charge on any atom is 0.244 e. The minimum atomic E-state index is 0.0562. The van der Waals surface area contributed by atoms with E-state index in [0.717, 1.165) is 52.9 Å². The number of aromatic nitrogens is 5. The first-order chi connectivity index (χ1) is 16.9. The average Bonchev–Trinajstić information content (AvgIpc) is 3.36. The summed E-state index contributed by atoms with van der Waals surface area (Å²) in [5, 5.41) is 9.58. The summed E-state index contributed by atoms with van der Waals surface area (Å²) in [5.74, 6) is 1.80. The van der Waals surface area contributed by atoms with Crippen LogP contribution in [0.2, 0.25) is 0 Å². The topological polar surface area (TPSA) is 118 Å². The minimum absolute atomic E-state index is 0.0562. The molecule has 6 rings (SSSR count). The SMILES string of the molecule is Cc1c(-c2cc3cc(Nc4cc5n(n4)CC(=O)N(C)CC5)ncc3c(N)n2)cnc2c1CN(C)C2. The first kappa shape index (κ1) is 21.5. The number of likely N-dealkylation sites (N-methyl/N-ethyl adjacent to an activating group) is 1. The fourth-order valence-corrected chi connectivity index (χ4v) is 4.90. The summed E-state index contributed by atoms with van der Waals surface area (Å²) in [6.07, 6.45) is 4.39. The molecule has 2 aliphatic heterocycles. The molecule has 6 heterocycles. The Balaban J connectivity index is 1.33. The number of carbonyl (C=O) groups is 1. The number of carbonyl (C=O) groups excluding carboxylic acids is 1. The molecule has 1 amide bonds. The lowest BCUT2D eigenvalue weighted by atomic mass is 10.0. The second kappa shape index (κ2) is 8.02. The van der Waals surface area contributed by atoms with Crippen LogP contribution in [0.4, 0.5) is 17.5 Å². The molecule has 35 heavy (non-hydrogen) atoms. The molecule has 2 aliphatic rings. The first-order valence-electron chi connectivity index (χ1n) is 11.7. The van der Waals surface area contributed by atoms with Gasteiger partial charge in [0.25, 0.3) is 0 Å². The van der Waals surface area contributed by atoms with Gasteiger partial charge in [-0.1, -0.05) is 0 Å². The van der Waals surface area contributed by atoms with Crippen molar-refractivity contribution in [2.75, 3.05) is 31.7 Å². The minimum Gasteiger partial charge on any atom is -0.383 e. The van der Waals surface area contributed by atoms with Crippen molar-refractivity contribution in [3.8, 4) is 11.3 Å². The Hall–Kier alpha value is -4.05. The molecule has 10 nitrogen and oxygen atoms in total. The van der Waals surface area contributed by atoms with Crippen molar-refractivity contribution >= 4 is 34.1 Å². The lowest BCUT2D eigenvalue weighted by Crippen LogP contribution is -2.29. The molecule has 0 spiro atoms. The van der Waals surface area contributed by atoms with Crippen LogP contribution in [0.25, 0.3) is 22.0 Å². The van der Waals surface area contributed by atoms with Crippen LogP contribution in [0.1, 0.15) is 22.5 Å². The fraction of sp³-hybridized carbons (Fsp3) is 0.320. The second-order valence-electron chi connectivity index (χ2n) is 9.45. The smallest absolute Gasteiger partial charge is 0.244 e. The molecule has 0 atom stereocenters. The maximum atomic E-state index is 12.2. The normalized spacial score (nSPS) is 15.9. The van der Waals surface area contributed by atoms with Crippen molar-refractivity contribution in [3.05, 3.63) is 53.1 Å². The Morgan fingerprint density at radius 1 is 1.03 bits per heavy atom. The summed E-state index contributed by atoms with van der Waals surface area (Å²) in [6.45, 7) is 4.81. The summed E-state index contributed by atoms with van der Waals surface area (Å²) < 4.78 is 1.76. The van der Waals surface area contributed by atoms with Gasteiger partial charge in [0, 0.05) is 68.2 Å². The molecule has 0 saturated heterocycles. The van der Waals surface area contributed by atoms with Crippen LogP contribution in [0, 0.1) is 6.92 Å². The zero-order valence-electron chi connectivity index (χ0n) is 20.0. The van der Waals surface area contributed by atoms with Crippen molar-refractivity contribution in [1.29, 1.82) is 0 Å². The third-order valence-corrected chi connectivity index (χ3v) is 6.96. The number of hydrogen-bond donors (Lipinski definition) is 2. The van der Waals surface area contributed by atoms with Crippen LogP contribution in [0.15, 0.2) is 30.6 Å². The van der Waals surface area contributed by atoms with Crippen LogP contribution in [0.5, 0.6) is 0 Å². The highest BCUT2D eigenvalue weighted by Crippen LogP contribution is 2.33. The van der Waals surface area contributed by atoms with Gasteiger partial charge in [0.15, 0.2) is 5.82 Å². The molecule has 0 saturated carbocycles. The number of nitrogen functional groups attached to an aromatic ring is 1. The Bertz CT molecular complexity index is 1490. The van der Waals surface area contributed by atoms with Gasteiger partial charge in [0.2, 0.25) is 5.91 Å². The standard InChI is InChI=1S/C25H27N9O/c1-14-17(9-27-21-12-32(2)11-19(14)21)20-6-15-7-22(28-10-18(15)25(26)29-20)30-23-8-16-4-5-33(3)24(35)13-34(16)31-23/h6-10H,4-5,11-13H2,1-3H3,(H2,26,29)(H,28,30,31). The molecule has 178 valence electrons. The van der Waals surface area contributed by atoms with Gasteiger partial charge in [0.05, 0.1) is 11.4 Å². The van der Waals surface area contributed by atoms with Crippen molar-refractivity contribution < 1.29 is 4.79 Å². The number of amides is 1. The molecule has 0 bridgehead atoms. The summed E-state index contributed by atoms with van der Waals surface area (Å²) in [5.41, 5.74) is 12.7. The molecule has 4 aromatic heterocycles. The highest BCUT2D eigenvalue weighted by Gasteiger charge is 2.22. The Morgan fingerprint density at radius 3 is 2.74 bits per heavy atom. The Morgan fingerprint density at radius 2 is 1.89 bits per heavy atom. The third kappa shape index (κ3) is 3.75. The van der Waals surface area contributed by atoms with E-state index < -0.39 is 0 Å². The van der Waals surface area contributed by atoms with E-state index in [-0.39, 0.29) is 12.5 Å². The summed E-state index contributed by atoms with van der Waals surface area (Å²) in [6, 6.07) is 5.95. The lowest BCUT2D eigenvalue weighted by Gasteiger charge is -2.12. The van der Waals surface area contributed by atoms with Gasteiger partial charge in [-0.2, -0.15) is 5.10 Å². The maximum absolute atomic E-state index is 12.2. The fourth-order valence-electron chi connectivity index (χ4n) is 4.90. The van der Waals surface area contributed by atoms with Gasteiger partial charge < -0.3 is 16.0 Å².